The third kappa shape index (κ3) is 4.31. The van der Waals surface area contributed by atoms with Gasteiger partial charge < -0.3 is 0 Å². The van der Waals surface area contributed by atoms with E-state index in [0.29, 0.717) is 0 Å². The highest BCUT2D eigenvalue weighted by Crippen LogP contribution is 2.05. The van der Waals surface area contributed by atoms with Crippen molar-refractivity contribution >= 4 is 0 Å². The highest BCUT2D eigenvalue weighted by atomic mass is 14.6. The van der Waals surface area contributed by atoms with Crippen molar-refractivity contribution in [3.8, 4) is 0 Å². The molecule has 1 nitrogen and oxygen atoms in total. The van der Waals surface area contributed by atoms with Gasteiger partial charge in [0, 0.05) is 12.4 Å². The van der Waals surface area contributed by atoms with Crippen LogP contribution in [0, 0.1) is 0 Å². The van der Waals surface area contributed by atoms with Crippen LogP contribution in [-0.2, 0) is 0 Å². The lowest BCUT2D eigenvalue weighted by atomic mass is 10.4. The smallest absolute Gasteiger partial charge is 0.0267 e. The number of nitrogens with zero attached hydrogens (tertiary/aromatic N) is 1. The summed E-state index contributed by atoms with van der Waals surface area (Å²) in [6.07, 6.45) is 12.0. The van der Waals surface area contributed by atoms with E-state index in [-0.39, 0.29) is 0 Å². The first-order valence-electron chi connectivity index (χ1n) is 4.00. The quantitative estimate of drug-likeness (QED) is 0.514. The maximum Gasteiger partial charge on any atom is 0.0267 e. The molecule has 2 rings (SSSR count). The zero-order valence-corrected chi connectivity index (χ0v) is 6.61. The molecule has 1 aliphatic rings. The third-order valence-corrected chi connectivity index (χ3v) is 1.47. The van der Waals surface area contributed by atoms with Gasteiger partial charge in [-0.05, 0) is 31.4 Å². The van der Waals surface area contributed by atoms with Crippen molar-refractivity contribution in [2.75, 3.05) is 0 Å². The summed E-state index contributed by atoms with van der Waals surface area (Å²) in [4.78, 5) is 3.78. The molecule has 0 N–H and O–H groups in total. The third-order valence-electron chi connectivity index (χ3n) is 1.47. The number of pyridine rings is 1. The SMILES string of the molecule is C1=CCCC1.c1ccncc1. The second kappa shape index (κ2) is 5.66. The minimum Gasteiger partial charge on any atom is -0.265 e. The zero-order valence-electron chi connectivity index (χ0n) is 6.61. The lowest BCUT2D eigenvalue weighted by Crippen LogP contribution is -1.58. The molecule has 0 radical (unpaired) electrons. The Kier molecular flexibility index (Phi) is 4.11. The van der Waals surface area contributed by atoms with Crippen molar-refractivity contribution in [1.29, 1.82) is 0 Å². The van der Waals surface area contributed by atoms with Gasteiger partial charge in [-0.3, -0.25) is 4.98 Å². The number of allylic oxidation sites excluding steroid dienone is 2. The van der Waals surface area contributed by atoms with Crippen molar-refractivity contribution in [2.24, 2.45) is 0 Å². The number of rotatable bonds is 0. The van der Waals surface area contributed by atoms with E-state index in [9.17, 15) is 0 Å². The van der Waals surface area contributed by atoms with Crippen LogP contribution in [0.3, 0.4) is 0 Å². The first-order chi connectivity index (χ1) is 5.50. The molecule has 0 saturated heterocycles. The average molecular weight is 147 g/mol. The highest BCUT2D eigenvalue weighted by Gasteiger charge is 1.84. The van der Waals surface area contributed by atoms with Crippen LogP contribution in [0.1, 0.15) is 19.3 Å². The van der Waals surface area contributed by atoms with Gasteiger partial charge in [0.1, 0.15) is 0 Å². The lowest BCUT2D eigenvalue weighted by molar-refractivity contribution is 0.929. The number of hydrogen-bond acceptors (Lipinski definition) is 1. The molecule has 0 aliphatic heterocycles. The van der Waals surface area contributed by atoms with E-state index in [4.69, 9.17) is 0 Å². The van der Waals surface area contributed by atoms with Gasteiger partial charge in [-0.25, -0.2) is 0 Å². The molecule has 0 unspecified atom stereocenters. The predicted molar refractivity (Wildman–Crippen MR) is 47.2 cm³/mol. The van der Waals surface area contributed by atoms with Crippen molar-refractivity contribution in [3.63, 3.8) is 0 Å². The van der Waals surface area contributed by atoms with E-state index < -0.39 is 0 Å². The fraction of sp³-hybridized carbons (Fsp3) is 0.300. The molecular weight excluding hydrogens is 134 g/mol. The molecule has 1 aromatic heterocycles. The second-order valence-electron chi connectivity index (χ2n) is 2.43. The van der Waals surface area contributed by atoms with Gasteiger partial charge in [0.25, 0.3) is 0 Å². The van der Waals surface area contributed by atoms with E-state index in [2.05, 4.69) is 17.1 Å². The Morgan fingerprint density at radius 2 is 1.45 bits per heavy atom. The molecule has 0 fully saturated rings. The first-order valence-corrected chi connectivity index (χ1v) is 4.00. The Balaban J connectivity index is 0.000000112. The molecule has 0 saturated carbocycles. The molecule has 0 aromatic carbocycles. The molecule has 0 amide bonds. The topological polar surface area (TPSA) is 12.9 Å². The standard InChI is InChI=1S/C5H5N.C5H8/c1-2-4-6-5-3-1;1-2-4-5-3-1/h1-5H;1-2H,3-5H2. The van der Waals surface area contributed by atoms with Gasteiger partial charge in [0.15, 0.2) is 0 Å². The van der Waals surface area contributed by atoms with E-state index in [0.717, 1.165) is 0 Å². The van der Waals surface area contributed by atoms with Gasteiger partial charge in [-0.1, -0.05) is 18.2 Å². The average Bonchev–Trinajstić information content (AvgIpc) is 2.64. The fourth-order valence-corrected chi connectivity index (χ4v) is 0.902. The molecule has 0 spiro atoms. The van der Waals surface area contributed by atoms with Gasteiger partial charge in [-0.15, -0.1) is 0 Å². The summed E-state index contributed by atoms with van der Waals surface area (Å²) >= 11 is 0. The van der Waals surface area contributed by atoms with Crippen molar-refractivity contribution in [3.05, 3.63) is 42.7 Å². The van der Waals surface area contributed by atoms with Gasteiger partial charge in [-0.2, -0.15) is 0 Å². The molecule has 58 valence electrons. The summed E-state index contributed by atoms with van der Waals surface area (Å²) in [5, 5.41) is 0. The fourth-order valence-electron chi connectivity index (χ4n) is 0.902. The van der Waals surface area contributed by atoms with E-state index in [1.807, 2.05) is 18.2 Å². The summed E-state index contributed by atoms with van der Waals surface area (Å²) in [6.45, 7) is 0. The van der Waals surface area contributed by atoms with Crippen LogP contribution in [0.2, 0.25) is 0 Å². The van der Waals surface area contributed by atoms with Crippen LogP contribution < -0.4 is 0 Å². The Bertz CT molecular complexity index is 159. The molecule has 0 bridgehead atoms. The van der Waals surface area contributed by atoms with Crippen LogP contribution in [0.15, 0.2) is 42.7 Å². The molecule has 1 aliphatic carbocycles. The van der Waals surface area contributed by atoms with E-state index >= 15 is 0 Å². The maximum absolute atomic E-state index is 3.78. The Morgan fingerprint density at radius 1 is 0.818 bits per heavy atom. The lowest BCUT2D eigenvalue weighted by Gasteiger charge is -1.70. The normalized spacial score (nSPS) is 13.8. The van der Waals surface area contributed by atoms with E-state index in [1.165, 1.54) is 19.3 Å². The van der Waals surface area contributed by atoms with Crippen LogP contribution >= 0.6 is 0 Å². The molecule has 0 atom stereocenters. The summed E-state index contributed by atoms with van der Waals surface area (Å²) in [7, 11) is 0. The largest absolute Gasteiger partial charge is 0.265 e. The maximum atomic E-state index is 3.78. The zero-order chi connectivity index (χ0) is 7.78. The van der Waals surface area contributed by atoms with Crippen LogP contribution in [0.25, 0.3) is 0 Å². The van der Waals surface area contributed by atoms with Gasteiger partial charge >= 0.3 is 0 Å². The van der Waals surface area contributed by atoms with Crippen LogP contribution in [0.5, 0.6) is 0 Å². The van der Waals surface area contributed by atoms with Crippen LogP contribution in [-0.4, -0.2) is 4.98 Å². The van der Waals surface area contributed by atoms with Gasteiger partial charge in [0.05, 0.1) is 0 Å². The molecule has 11 heavy (non-hydrogen) atoms. The number of aromatic nitrogens is 1. The highest BCUT2D eigenvalue weighted by molar-refractivity contribution is 4.88. The minimum absolute atomic E-state index is 1.32. The summed E-state index contributed by atoms with van der Waals surface area (Å²) in [5.41, 5.74) is 0. The number of hydrogen-bond donors (Lipinski definition) is 0. The molecule has 1 heterocycles. The van der Waals surface area contributed by atoms with Crippen molar-refractivity contribution < 1.29 is 0 Å². The predicted octanol–water partition coefficient (Wildman–Crippen LogP) is 2.81. The minimum atomic E-state index is 1.32. The van der Waals surface area contributed by atoms with Crippen molar-refractivity contribution in [2.45, 2.75) is 19.3 Å². The second-order valence-corrected chi connectivity index (χ2v) is 2.43. The van der Waals surface area contributed by atoms with Crippen molar-refractivity contribution in [1.82, 2.24) is 4.98 Å². The van der Waals surface area contributed by atoms with E-state index in [1.54, 1.807) is 12.4 Å². The molecule has 1 heteroatoms. The Labute approximate surface area is 67.8 Å². The summed E-state index contributed by atoms with van der Waals surface area (Å²) in [5.74, 6) is 0. The monoisotopic (exact) mass is 147 g/mol. The Hall–Kier alpha value is -1.11. The Morgan fingerprint density at radius 3 is 1.64 bits per heavy atom. The summed E-state index contributed by atoms with van der Waals surface area (Å²) < 4.78 is 0. The molecule has 1 aromatic rings. The molecular formula is C10H13N. The van der Waals surface area contributed by atoms with Gasteiger partial charge in [0.2, 0.25) is 0 Å². The first kappa shape index (κ1) is 7.99. The summed E-state index contributed by atoms with van der Waals surface area (Å²) in [6, 6.07) is 5.72. The van der Waals surface area contributed by atoms with Crippen LogP contribution in [0.4, 0.5) is 0 Å².